The van der Waals surface area contributed by atoms with E-state index in [4.69, 9.17) is 0 Å². The molecule has 4 rings (SSSR count). The number of hydrazone groups is 1. The van der Waals surface area contributed by atoms with Crippen molar-refractivity contribution in [2.45, 2.75) is 6.54 Å². The third-order valence-corrected chi connectivity index (χ3v) is 4.97. The highest BCUT2D eigenvalue weighted by Crippen LogP contribution is 2.18. The monoisotopic (exact) mass is 452 g/mol. The molecule has 0 amide bonds. The van der Waals surface area contributed by atoms with Crippen LogP contribution in [-0.4, -0.2) is 25.3 Å². The first kappa shape index (κ1) is 18.9. The molecule has 2 heterocycles. The summed E-state index contributed by atoms with van der Waals surface area (Å²) in [6.45, 7) is 0.398. The molecule has 2 aromatic heterocycles. The molecule has 2 N–H and O–H groups in total. The molecule has 0 atom stereocenters. The second-order valence-electron chi connectivity index (χ2n) is 6.42. The van der Waals surface area contributed by atoms with Gasteiger partial charge in [0.25, 0.3) is 5.56 Å². The van der Waals surface area contributed by atoms with Gasteiger partial charge in [0.1, 0.15) is 0 Å². The second-order valence-corrected chi connectivity index (χ2v) is 7.33. The zero-order chi connectivity index (χ0) is 20.4. The molecule has 0 fully saturated rings. The van der Waals surface area contributed by atoms with Crippen LogP contribution in [0.25, 0.3) is 11.2 Å². The third-order valence-electron chi connectivity index (χ3n) is 4.44. The van der Waals surface area contributed by atoms with E-state index in [1.54, 1.807) is 17.8 Å². The summed E-state index contributed by atoms with van der Waals surface area (Å²) in [5, 5.41) is 4.25. The Bertz CT molecular complexity index is 1300. The summed E-state index contributed by atoms with van der Waals surface area (Å²) in [6.07, 6.45) is 1.65. The summed E-state index contributed by atoms with van der Waals surface area (Å²) < 4.78 is 4.00. The van der Waals surface area contributed by atoms with Crippen molar-refractivity contribution in [3.63, 3.8) is 0 Å². The van der Waals surface area contributed by atoms with Crippen molar-refractivity contribution in [2.24, 2.45) is 12.1 Å². The zero-order valence-corrected chi connectivity index (χ0v) is 17.0. The summed E-state index contributed by atoms with van der Waals surface area (Å²) in [5.41, 5.74) is 4.37. The van der Waals surface area contributed by atoms with Crippen molar-refractivity contribution >= 4 is 39.3 Å². The number of halogens is 1. The van der Waals surface area contributed by atoms with Crippen molar-refractivity contribution < 1.29 is 0 Å². The number of aromatic nitrogens is 4. The van der Waals surface area contributed by atoms with Crippen LogP contribution in [0.1, 0.15) is 11.1 Å². The molecule has 8 nitrogen and oxygen atoms in total. The fraction of sp³-hybridized carbons (Fsp3) is 0.100. The van der Waals surface area contributed by atoms with E-state index in [1.807, 2.05) is 54.6 Å². The van der Waals surface area contributed by atoms with Gasteiger partial charge in [-0.2, -0.15) is 10.1 Å². The topological polar surface area (TPSA) is 97.1 Å². The highest BCUT2D eigenvalue weighted by atomic mass is 79.9. The maximum atomic E-state index is 12.5. The second kappa shape index (κ2) is 7.88. The highest BCUT2D eigenvalue weighted by Gasteiger charge is 2.17. The van der Waals surface area contributed by atoms with Gasteiger partial charge in [-0.25, -0.2) is 10.2 Å². The molecular formula is C20H17BrN6O2. The summed E-state index contributed by atoms with van der Waals surface area (Å²) in [4.78, 5) is 31.2. The Morgan fingerprint density at radius 3 is 2.59 bits per heavy atom. The van der Waals surface area contributed by atoms with E-state index in [2.05, 4.69) is 36.4 Å². The number of hydrogen-bond acceptors (Lipinski definition) is 5. The lowest BCUT2D eigenvalue weighted by molar-refractivity contribution is 0.808. The van der Waals surface area contributed by atoms with Gasteiger partial charge >= 0.3 is 5.69 Å². The van der Waals surface area contributed by atoms with Gasteiger partial charge in [-0.3, -0.25) is 18.9 Å². The van der Waals surface area contributed by atoms with Crippen LogP contribution in [-0.2, 0) is 13.6 Å². The third kappa shape index (κ3) is 3.90. The van der Waals surface area contributed by atoms with Gasteiger partial charge in [0.2, 0.25) is 5.95 Å². The Kier molecular flexibility index (Phi) is 5.13. The molecule has 2 aromatic carbocycles. The quantitative estimate of drug-likeness (QED) is 0.359. The van der Waals surface area contributed by atoms with E-state index in [0.717, 1.165) is 15.6 Å². The molecule has 0 spiro atoms. The molecule has 0 saturated heterocycles. The van der Waals surface area contributed by atoms with E-state index < -0.39 is 11.2 Å². The number of aryl methyl sites for hydroxylation is 1. The fourth-order valence-corrected chi connectivity index (χ4v) is 3.22. The van der Waals surface area contributed by atoms with Gasteiger partial charge in [0.15, 0.2) is 11.2 Å². The number of H-pyrrole nitrogens is 1. The minimum Gasteiger partial charge on any atom is -0.298 e. The van der Waals surface area contributed by atoms with Crippen LogP contribution in [0, 0.1) is 0 Å². The lowest BCUT2D eigenvalue weighted by Crippen LogP contribution is -2.29. The highest BCUT2D eigenvalue weighted by molar-refractivity contribution is 9.10. The van der Waals surface area contributed by atoms with Crippen LogP contribution in [0.4, 0.5) is 5.95 Å². The number of rotatable bonds is 5. The van der Waals surface area contributed by atoms with Gasteiger partial charge in [-0.1, -0.05) is 58.4 Å². The predicted octanol–water partition coefficient (Wildman–Crippen LogP) is 2.68. The molecule has 0 radical (unpaired) electrons. The van der Waals surface area contributed by atoms with E-state index in [-0.39, 0.29) is 5.65 Å². The Labute approximate surface area is 173 Å². The number of imidazole rings is 1. The van der Waals surface area contributed by atoms with Crippen LogP contribution in [0.15, 0.2) is 73.8 Å². The average Bonchev–Trinajstić information content (AvgIpc) is 3.07. The van der Waals surface area contributed by atoms with E-state index in [1.165, 1.54) is 4.57 Å². The fourth-order valence-electron chi connectivity index (χ4n) is 2.95. The SMILES string of the molecule is Cn1c(=O)[nH]c(=O)c2c1nc(N/N=C/c1ccc(Br)cc1)n2Cc1ccccc1. The molecule has 0 aliphatic rings. The molecule has 9 heteroatoms. The number of nitrogens with zero attached hydrogens (tertiary/aromatic N) is 4. The molecule has 0 aliphatic carbocycles. The molecule has 0 unspecified atom stereocenters. The molecule has 0 saturated carbocycles. The number of benzene rings is 2. The first-order chi connectivity index (χ1) is 14.0. The van der Waals surface area contributed by atoms with E-state index in [9.17, 15) is 9.59 Å². The maximum Gasteiger partial charge on any atom is 0.329 e. The number of hydrogen-bond donors (Lipinski definition) is 2. The molecule has 0 bridgehead atoms. The van der Waals surface area contributed by atoms with Crippen LogP contribution in [0.3, 0.4) is 0 Å². The maximum absolute atomic E-state index is 12.5. The van der Waals surface area contributed by atoms with Crippen molar-refractivity contribution in [3.8, 4) is 0 Å². The zero-order valence-electron chi connectivity index (χ0n) is 15.5. The minimum atomic E-state index is -0.517. The Balaban J connectivity index is 1.77. The first-order valence-corrected chi connectivity index (χ1v) is 9.60. The van der Waals surface area contributed by atoms with Gasteiger partial charge in [-0.05, 0) is 23.3 Å². The lowest BCUT2D eigenvalue weighted by Gasteiger charge is -2.08. The number of anilines is 1. The number of fused-ring (bicyclic) bond motifs is 1. The van der Waals surface area contributed by atoms with Gasteiger partial charge < -0.3 is 0 Å². The Morgan fingerprint density at radius 1 is 1.14 bits per heavy atom. The summed E-state index contributed by atoms with van der Waals surface area (Å²) in [6, 6.07) is 17.3. The number of aromatic amines is 1. The smallest absolute Gasteiger partial charge is 0.298 e. The van der Waals surface area contributed by atoms with Crippen LogP contribution < -0.4 is 16.7 Å². The predicted molar refractivity (Wildman–Crippen MR) is 116 cm³/mol. The van der Waals surface area contributed by atoms with Gasteiger partial charge in [0, 0.05) is 11.5 Å². The minimum absolute atomic E-state index is 0.288. The molecule has 29 heavy (non-hydrogen) atoms. The first-order valence-electron chi connectivity index (χ1n) is 8.81. The summed E-state index contributed by atoms with van der Waals surface area (Å²) >= 11 is 3.40. The van der Waals surface area contributed by atoms with Crippen molar-refractivity contribution in [2.75, 3.05) is 5.43 Å². The van der Waals surface area contributed by atoms with E-state index >= 15 is 0 Å². The standard InChI is InChI=1S/C20H17BrN6O2/c1-26-17-16(18(28)24-20(26)29)27(12-14-5-3-2-4-6-14)19(23-17)25-22-11-13-7-9-15(21)10-8-13/h2-11H,12H2,1H3,(H,23,25)(H,24,28,29)/b22-11+. The van der Waals surface area contributed by atoms with Crippen molar-refractivity contribution in [1.29, 1.82) is 0 Å². The molecule has 146 valence electrons. The molecular weight excluding hydrogens is 436 g/mol. The van der Waals surface area contributed by atoms with Crippen LogP contribution in [0.5, 0.6) is 0 Å². The average molecular weight is 453 g/mol. The van der Waals surface area contributed by atoms with Gasteiger partial charge in [0.05, 0.1) is 12.8 Å². The van der Waals surface area contributed by atoms with Crippen LogP contribution >= 0.6 is 15.9 Å². The summed E-state index contributed by atoms with van der Waals surface area (Å²) in [7, 11) is 1.56. The normalized spacial score (nSPS) is 11.4. The Hall–Kier alpha value is -3.46. The molecule has 0 aliphatic heterocycles. The largest absolute Gasteiger partial charge is 0.329 e. The van der Waals surface area contributed by atoms with Gasteiger partial charge in [-0.15, -0.1) is 0 Å². The Morgan fingerprint density at radius 2 is 1.86 bits per heavy atom. The number of nitrogens with one attached hydrogen (secondary N) is 2. The molecule has 4 aromatic rings. The van der Waals surface area contributed by atoms with Crippen LogP contribution in [0.2, 0.25) is 0 Å². The van der Waals surface area contributed by atoms with E-state index in [0.29, 0.717) is 18.0 Å². The van der Waals surface area contributed by atoms with Crippen molar-refractivity contribution in [1.82, 2.24) is 19.1 Å². The lowest BCUT2D eigenvalue weighted by atomic mass is 10.2. The van der Waals surface area contributed by atoms with Crippen molar-refractivity contribution in [3.05, 3.63) is 91.0 Å². The summed E-state index contributed by atoms with van der Waals surface area (Å²) in [5.74, 6) is 0.365.